The number of hydrogen-bond acceptors (Lipinski definition) is 3. The normalized spacial score (nSPS) is 15.2. The summed E-state index contributed by atoms with van der Waals surface area (Å²) in [7, 11) is -3.41. The first-order chi connectivity index (χ1) is 13.6. The lowest BCUT2D eigenvalue weighted by molar-refractivity contribution is 0.0931. The van der Waals surface area contributed by atoms with Crippen molar-refractivity contribution in [3.63, 3.8) is 0 Å². The van der Waals surface area contributed by atoms with E-state index in [4.69, 9.17) is 0 Å². The zero-order chi connectivity index (χ0) is 21.2. The lowest BCUT2D eigenvalue weighted by Gasteiger charge is -2.20. The summed E-state index contributed by atoms with van der Waals surface area (Å²) in [6.45, 7) is 6.21. The van der Waals surface area contributed by atoms with Gasteiger partial charge >= 0.3 is 0 Å². The van der Waals surface area contributed by atoms with Crippen molar-refractivity contribution in [2.45, 2.75) is 46.1 Å². The second kappa shape index (κ2) is 8.57. The van der Waals surface area contributed by atoms with Crippen molar-refractivity contribution in [1.29, 1.82) is 0 Å². The zero-order valence-electron chi connectivity index (χ0n) is 17.5. The number of carbonyl (C=O) groups is 1. The van der Waals surface area contributed by atoms with Crippen LogP contribution in [0.1, 0.15) is 59.8 Å². The minimum absolute atomic E-state index is 0.0248. The molecule has 6 heteroatoms. The van der Waals surface area contributed by atoms with Crippen molar-refractivity contribution >= 4 is 21.6 Å². The number of rotatable bonds is 8. The predicted molar refractivity (Wildman–Crippen MR) is 118 cm³/mol. The number of hydrogen-bond donors (Lipinski definition) is 2. The van der Waals surface area contributed by atoms with Crippen LogP contribution in [0.15, 0.2) is 42.5 Å². The quantitative estimate of drug-likeness (QED) is 0.670. The fourth-order valence-corrected chi connectivity index (χ4v) is 4.15. The number of anilines is 1. The maximum atomic E-state index is 12.9. The number of carbonyl (C=O) groups excluding carboxylic acids is 1. The van der Waals surface area contributed by atoms with Crippen LogP contribution in [0.3, 0.4) is 0 Å². The molecule has 0 radical (unpaired) electrons. The van der Waals surface area contributed by atoms with Gasteiger partial charge in [-0.3, -0.25) is 9.52 Å². The molecule has 2 N–H and O–H groups in total. The first-order valence-electron chi connectivity index (χ1n) is 10.1. The van der Waals surface area contributed by atoms with Crippen LogP contribution in [0.2, 0.25) is 0 Å². The number of sulfonamides is 1. The molecule has 1 unspecified atom stereocenters. The topological polar surface area (TPSA) is 75.3 Å². The van der Waals surface area contributed by atoms with E-state index in [1.165, 1.54) is 5.56 Å². The van der Waals surface area contributed by atoms with Crippen molar-refractivity contribution in [3.8, 4) is 0 Å². The Hall–Kier alpha value is -2.34. The van der Waals surface area contributed by atoms with Crippen LogP contribution in [0, 0.1) is 18.8 Å². The Kier molecular flexibility index (Phi) is 6.32. The maximum Gasteiger partial charge on any atom is 0.251 e. The van der Waals surface area contributed by atoms with Gasteiger partial charge in [-0.1, -0.05) is 44.2 Å². The largest absolute Gasteiger partial charge is 0.345 e. The Balaban J connectivity index is 1.78. The molecule has 0 aromatic heterocycles. The Labute approximate surface area is 174 Å². The molecule has 156 valence electrons. The van der Waals surface area contributed by atoms with Gasteiger partial charge in [-0.2, -0.15) is 0 Å². The summed E-state index contributed by atoms with van der Waals surface area (Å²) in [6.07, 6.45) is 4.35. The smallest absolute Gasteiger partial charge is 0.251 e. The maximum absolute atomic E-state index is 12.9. The van der Waals surface area contributed by atoms with E-state index in [2.05, 4.69) is 48.2 Å². The number of amides is 1. The van der Waals surface area contributed by atoms with Crippen molar-refractivity contribution in [2.75, 3.05) is 11.0 Å². The Morgan fingerprint density at radius 2 is 1.76 bits per heavy atom. The molecule has 1 atom stereocenters. The molecule has 0 heterocycles. The summed E-state index contributed by atoms with van der Waals surface area (Å²) in [5.41, 5.74) is 4.08. The highest BCUT2D eigenvalue weighted by atomic mass is 32.2. The lowest BCUT2D eigenvalue weighted by atomic mass is 9.97. The first-order valence-corrected chi connectivity index (χ1v) is 12.0. The molecule has 0 bridgehead atoms. The third kappa shape index (κ3) is 6.07. The predicted octanol–water partition coefficient (Wildman–Crippen LogP) is 4.45. The molecule has 3 rings (SSSR count). The van der Waals surface area contributed by atoms with Crippen LogP contribution >= 0.6 is 0 Å². The second-order valence-electron chi connectivity index (χ2n) is 8.53. The highest BCUT2D eigenvalue weighted by Crippen LogP contribution is 2.41. The van der Waals surface area contributed by atoms with Gasteiger partial charge < -0.3 is 5.32 Å². The number of nitrogens with one attached hydrogen (secondary N) is 2. The third-order valence-corrected chi connectivity index (χ3v) is 5.75. The van der Waals surface area contributed by atoms with Crippen molar-refractivity contribution < 1.29 is 13.2 Å². The van der Waals surface area contributed by atoms with Gasteiger partial charge in [0.2, 0.25) is 10.0 Å². The zero-order valence-corrected chi connectivity index (χ0v) is 18.3. The van der Waals surface area contributed by atoms with E-state index < -0.39 is 10.0 Å². The van der Waals surface area contributed by atoms with Gasteiger partial charge in [-0.25, -0.2) is 8.42 Å². The molecule has 2 aromatic rings. The van der Waals surface area contributed by atoms with Crippen LogP contribution in [0.5, 0.6) is 0 Å². The van der Waals surface area contributed by atoms with Crippen LogP contribution in [0.25, 0.3) is 0 Å². The van der Waals surface area contributed by atoms with E-state index in [1.54, 1.807) is 25.1 Å². The van der Waals surface area contributed by atoms with Gasteiger partial charge in [0.05, 0.1) is 18.0 Å². The molecular formula is C23H30N2O3S. The van der Waals surface area contributed by atoms with Gasteiger partial charge in [0, 0.05) is 5.56 Å². The first kappa shape index (κ1) is 21.4. The molecule has 2 aromatic carbocycles. The number of benzene rings is 2. The van der Waals surface area contributed by atoms with Crippen molar-refractivity contribution in [1.82, 2.24) is 5.32 Å². The molecule has 0 aliphatic heterocycles. The third-order valence-electron chi connectivity index (χ3n) is 5.16. The lowest BCUT2D eigenvalue weighted by Crippen LogP contribution is -2.30. The molecule has 5 nitrogen and oxygen atoms in total. The van der Waals surface area contributed by atoms with Crippen LogP contribution in [0.4, 0.5) is 5.69 Å². The fourth-order valence-electron chi connectivity index (χ4n) is 3.53. The number of aryl methyl sites for hydroxylation is 1. The molecule has 1 saturated carbocycles. The van der Waals surface area contributed by atoms with Gasteiger partial charge in [0.1, 0.15) is 0 Å². The average Bonchev–Trinajstić information content (AvgIpc) is 3.45. The monoisotopic (exact) mass is 414 g/mol. The van der Waals surface area contributed by atoms with E-state index in [1.807, 2.05) is 0 Å². The fraction of sp³-hybridized carbons (Fsp3) is 0.435. The van der Waals surface area contributed by atoms with Gasteiger partial charge in [-0.15, -0.1) is 0 Å². The second-order valence-corrected chi connectivity index (χ2v) is 10.3. The Bertz CT molecular complexity index is 978. The SMILES string of the molecule is Cc1ccc(C(=O)NC(c2ccc(CC(C)C)cc2)C2CC2)cc1NS(C)(=O)=O. The summed E-state index contributed by atoms with van der Waals surface area (Å²) in [5, 5.41) is 3.17. The van der Waals surface area contributed by atoms with Gasteiger partial charge in [0.15, 0.2) is 0 Å². The van der Waals surface area contributed by atoms with E-state index in [-0.39, 0.29) is 11.9 Å². The summed E-state index contributed by atoms with van der Waals surface area (Å²) in [4.78, 5) is 12.9. The molecule has 29 heavy (non-hydrogen) atoms. The minimum Gasteiger partial charge on any atom is -0.345 e. The molecule has 1 aliphatic carbocycles. The van der Waals surface area contributed by atoms with Crippen LogP contribution in [-0.4, -0.2) is 20.6 Å². The van der Waals surface area contributed by atoms with E-state index in [0.717, 1.165) is 36.6 Å². The molecule has 1 aliphatic rings. The molecule has 1 amide bonds. The summed E-state index contributed by atoms with van der Waals surface area (Å²) in [6, 6.07) is 13.6. The van der Waals surface area contributed by atoms with E-state index in [0.29, 0.717) is 23.1 Å². The summed E-state index contributed by atoms with van der Waals surface area (Å²) in [5.74, 6) is 0.870. The van der Waals surface area contributed by atoms with E-state index >= 15 is 0 Å². The van der Waals surface area contributed by atoms with Gasteiger partial charge in [0.25, 0.3) is 5.91 Å². The van der Waals surface area contributed by atoms with Crippen molar-refractivity contribution in [2.24, 2.45) is 11.8 Å². The van der Waals surface area contributed by atoms with Crippen LogP contribution < -0.4 is 10.0 Å². The van der Waals surface area contributed by atoms with Crippen LogP contribution in [-0.2, 0) is 16.4 Å². The average molecular weight is 415 g/mol. The Morgan fingerprint density at radius 3 is 2.31 bits per heavy atom. The highest BCUT2D eigenvalue weighted by Gasteiger charge is 2.33. The van der Waals surface area contributed by atoms with Gasteiger partial charge in [-0.05, 0) is 66.8 Å². The summed E-state index contributed by atoms with van der Waals surface area (Å²) >= 11 is 0. The molecule has 0 saturated heterocycles. The molecule has 1 fully saturated rings. The molecule has 0 spiro atoms. The standard InChI is InChI=1S/C23H30N2O3S/c1-15(2)13-17-6-9-18(10-7-17)22(19-11-12-19)24-23(26)20-8-5-16(3)21(14-20)25-29(4,27)28/h5-10,14-15,19,22,25H,11-13H2,1-4H3,(H,24,26). The van der Waals surface area contributed by atoms with E-state index in [9.17, 15) is 13.2 Å². The van der Waals surface area contributed by atoms with Crippen molar-refractivity contribution in [3.05, 3.63) is 64.7 Å². The minimum atomic E-state index is -3.41. The molecular weight excluding hydrogens is 384 g/mol. The summed E-state index contributed by atoms with van der Waals surface area (Å²) < 4.78 is 25.6. The Morgan fingerprint density at radius 1 is 1.10 bits per heavy atom. The highest BCUT2D eigenvalue weighted by molar-refractivity contribution is 7.92.